The van der Waals surface area contributed by atoms with E-state index in [2.05, 4.69) is 39.3 Å². The maximum Gasteiger partial charge on any atom is 0.325 e. The van der Waals surface area contributed by atoms with Gasteiger partial charge in [-0.25, -0.2) is 4.79 Å². The second-order valence-corrected chi connectivity index (χ2v) is 8.07. The lowest BCUT2D eigenvalue weighted by Gasteiger charge is -2.33. The van der Waals surface area contributed by atoms with Gasteiger partial charge in [-0.15, -0.1) is 0 Å². The summed E-state index contributed by atoms with van der Waals surface area (Å²) in [5, 5.41) is 0. The van der Waals surface area contributed by atoms with Crippen molar-refractivity contribution in [2.75, 3.05) is 0 Å². The fourth-order valence-corrected chi connectivity index (χ4v) is 4.72. The molecule has 1 saturated carbocycles. The molecular weight excluding hydrogens is 350 g/mol. The van der Waals surface area contributed by atoms with Crippen molar-refractivity contribution in [2.45, 2.75) is 51.4 Å². The molecule has 4 rings (SSSR count). The molecule has 2 N–H and O–H groups in total. The number of hydrogen-bond acceptors (Lipinski definition) is 3. The van der Waals surface area contributed by atoms with Crippen LogP contribution in [0.5, 0.6) is 0 Å². The fourth-order valence-electron chi connectivity index (χ4n) is 4.72. The number of allylic oxidation sites excluding steroid dienone is 4. The molecule has 0 amide bonds. The van der Waals surface area contributed by atoms with Gasteiger partial charge in [-0.2, -0.15) is 0 Å². The lowest BCUT2D eigenvalue weighted by molar-refractivity contribution is 0.262. The first-order chi connectivity index (χ1) is 13.6. The van der Waals surface area contributed by atoms with Crippen LogP contribution in [0.4, 0.5) is 0 Å². The number of rotatable bonds is 4. The first-order valence-corrected chi connectivity index (χ1v) is 10.2. The minimum atomic E-state index is -0.413. The summed E-state index contributed by atoms with van der Waals surface area (Å²) in [5.74, 6) is 1.54. The Morgan fingerprint density at radius 3 is 2.61 bits per heavy atom. The van der Waals surface area contributed by atoms with E-state index in [4.69, 9.17) is 0 Å². The van der Waals surface area contributed by atoms with E-state index in [-0.39, 0.29) is 11.5 Å². The Kier molecular flexibility index (Phi) is 5.42. The predicted octanol–water partition coefficient (Wildman–Crippen LogP) is 3.76. The highest BCUT2D eigenvalue weighted by Crippen LogP contribution is 2.40. The number of H-pyrrole nitrogens is 2. The van der Waals surface area contributed by atoms with E-state index in [0.717, 1.165) is 49.2 Å². The number of nitrogens with zero attached hydrogens (tertiary/aromatic N) is 1. The summed E-state index contributed by atoms with van der Waals surface area (Å²) < 4.78 is 0. The number of pyridine rings is 1. The van der Waals surface area contributed by atoms with Crippen molar-refractivity contribution in [1.82, 2.24) is 15.0 Å². The van der Waals surface area contributed by atoms with Crippen molar-refractivity contribution in [1.29, 1.82) is 0 Å². The van der Waals surface area contributed by atoms with Crippen LogP contribution >= 0.6 is 0 Å². The van der Waals surface area contributed by atoms with Gasteiger partial charge in [-0.05, 0) is 68.9 Å². The fraction of sp³-hybridized carbons (Fsp3) is 0.435. The lowest BCUT2D eigenvalue weighted by Crippen LogP contribution is -2.31. The summed E-state index contributed by atoms with van der Waals surface area (Å²) in [6, 6.07) is 5.83. The molecule has 0 aliphatic heterocycles. The molecule has 0 radical (unpaired) electrons. The van der Waals surface area contributed by atoms with Crippen molar-refractivity contribution >= 4 is 0 Å². The topological polar surface area (TPSA) is 78.6 Å². The van der Waals surface area contributed by atoms with Crippen molar-refractivity contribution in [3.8, 4) is 0 Å². The van der Waals surface area contributed by atoms with Gasteiger partial charge in [-0.3, -0.25) is 14.8 Å². The number of nitrogens with one attached hydrogen (secondary N) is 2. The van der Waals surface area contributed by atoms with Gasteiger partial charge in [0, 0.05) is 29.1 Å². The number of aromatic amines is 2. The summed E-state index contributed by atoms with van der Waals surface area (Å²) >= 11 is 0. The van der Waals surface area contributed by atoms with Gasteiger partial charge in [0.2, 0.25) is 0 Å². The summed E-state index contributed by atoms with van der Waals surface area (Å²) in [4.78, 5) is 34.5. The van der Waals surface area contributed by atoms with Crippen LogP contribution in [0, 0.1) is 18.8 Å². The van der Waals surface area contributed by atoms with Gasteiger partial charge in [0.05, 0.1) is 0 Å². The molecule has 0 bridgehead atoms. The van der Waals surface area contributed by atoms with Gasteiger partial charge in [-0.1, -0.05) is 30.4 Å². The van der Waals surface area contributed by atoms with Crippen molar-refractivity contribution in [2.24, 2.45) is 11.8 Å². The first-order valence-electron chi connectivity index (χ1n) is 10.2. The van der Waals surface area contributed by atoms with E-state index < -0.39 is 5.69 Å². The maximum absolute atomic E-state index is 12.6. The second kappa shape index (κ2) is 8.13. The van der Waals surface area contributed by atoms with Crippen LogP contribution in [-0.4, -0.2) is 15.0 Å². The molecule has 1 unspecified atom stereocenters. The van der Waals surface area contributed by atoms with Crippen LogP contribution in [0.3, 0.4) is 0 Å². The lowest BCUT2D eigenvalue weighted by atomic mass is 9.72. The molecule has 146 valence electrons. The molecule has 0 aromatic carbocycles. The van der Waals surface area contributed by atoms with Crippen LogP contribution in [-0.2, 0) is 6.42 Å². The van der Waals surface area contributed by atoms with Crippen LogP contribution in [0.15, 0.2) is 52.1 Å². The monoisotopic (exact) mass is 377 g/mol. The van der Waals surface area contributed by atoms with Gasteiger partial charge >= 0.3 is 5.69 Å². The predicted molar refractivity (Wildman–Crippen MR) is 111 cm³/mol. The molecule has 5 nitrogen and oxygen atoms in total. The van der Waals surface area contributed by atoms with Crippen LogP contribution in [0.25, 0.3) is 0 Å². The Labute approximate surface area is 164 Å². The highest BCUT2D eigenvalue weighted by Gasteiger charge is 2.29. The zero-order chi connectivity index (χ0) is 19.5. The summed E-state index contributed by atoms with van der Waals surface area (Å²) in [6.45, 7) is 1.94. The Hall–Kier alpha value is -2.69. The third-order valence-corrected chi connectivity index (χ3v) is 6.18. The van der Waals surface area contributed by atoms with E-state index in [0.29, 0.717) is 23.8 Å². The zero-order valence-electron chi connectivity index (χ0n) is 16.3. The number of aryl methyl sites for hydroxylation is 1. The molecule has 2 aromatic rings. The summed E-state index contributed by atoms with van der Waals surface area (Å²) in [5.41, 5.74) is 2.55. The van der Waals surface area contributed by atoms with E-state index in [1.807, 2.05) is 25.1 Å². The highest BCUT2D eigenvalue weighted by molar-refractivity contribution is 5.27. The van der Waals surface area contributed by atoms with E-state index in [1.54, 1.807) is 0 Å². The summed E-state index contributed by atoms with van der Waals surface area (Å²) in [6.07, 6.45) is 14.7. The Bertz CT molecular complexity index is 1010. The number of aromatic nitrogens is 3. The van der Waals surface area contributed by atoms with E-state index in [1.165, 1.54) is 0 Å². The van der Waals surface area contributed by atoms with Gasteiger partial charge < -0.3 is 4.98 Å². The molecule has 5 heteroatoms. The Morgan fingerprint density at radius 1 is 1.07 bits per heavy atom. The molecule has 2 aliphatic rings. The number of hydrogen-bond donors (Lipinski definition) is 2. The first kappa shape index (κ1) is 18.7. The minimum Gasteiger partial charge on any atom is -0.311 e. The normalized spacial score (nSPS) is 24.4. The van der Waals surface area contributed by atoms with Crippen molar-refractivity contribution in [3.05, 3.63) is 86.0 Å². The van der Waals surface area contributed by atoms with Gasteiger partial charge in [0.1, 0.15) is 0 Å². The third-order valence-electron chi connectivity index (χ3n) is 6.18. The van der Waals surface area contributed by atoms with Gasteiger partial charge in [0.15, 0.2) is 0 Å². The molecule has 1 fully saturated rings. The SMILES string of the molecule is Cc1cccc(Cc2c(=O)[nH]c(=O)[nH]c2[C@H]2CC[C@H](C3C=CC=CC3)CC2)n1. The largest absolute Gasteiger partial charge is 0.325 e. The maximum atomic E-state index is 12.6. The van der Waals surface area contributed by atoms with E-state index in [9.17, 15) is 9.59 Å². The molecule has 0 spiro atoms. The molecule has 2 aliphatic carbocycles. The molecule has 0 saturated heterocycles. The molecular formula is C23H27N3O2. The zero-order valence-corrected chi connectivity index (χ0v) is 16.3. The third kappa shape index (κ3) is 4.08. The van der Waals surface area contributed by atoms with Crippen LogP contribution < -0.4 is 11.2 Å². The quantitative estimate of drug-likeness (QED) is 0.851. The molecule has 1 atom stereocenters. The standard InChI is InChI=1S/C23H27N3O2/c1-15-6-5-9-19(24-15)14-20-21(25-23(28)26-22(20)27)18-12-10-17(11-13-18)16-7-3-2-4-8-16/h2-7,9,16-18H,8,10-14H2,1H3,(H2,25,26,27,28)/t16?,17-,18-. The highest BCUT2D eigenvalue weighted by atomic mass is 16.2. The summed E-state index contributed by atoms with van der Waals surface area (Å²) in [7, 11) is 0. The average molecular weight is 377 g/mol. The smallest absolute Gasteiger partial charge is 0.311 e. The van der Waals surface area contributed by atoms with Crippen LogP contribution in [0.2, 0.25) is 0 Å². The molecule has 28 heavy (non-hydrogen) atoms. The van der Waals surface area contributed by atoms with Crippen LogP contribution in [0.1, 0.15) is 60.7 Å². The minimum absolute atomic E-state index is 0.231. The van der Waals surface area contributed by atoms with Crippen molar-refractivity contribution in [3.63, 3.8) is 0 Å². The Balaban J connectivity index is 1.56. The molecule has 2 aromatic heterocycles. The Morgan fingerprint density at radius 2 is 1.89 bits per heavy atom. The average Bonchev–Trinajstić information content (AvgIpc) is 2.71. The van der Waals surface area contributed by atoms with E-state index >= 15 is 0 Å². The van der Waals surface area contributed by atoms with Gasteiger partial charge in [0.25, 0.3) is 5.56 Å². The molecule has 2 heterocycles. The van der Waals surface area contributed by atoms with Crippen molar-refractivity contribution < 1.29 is 0 Å². The second-order valence-electron chi connectivity index (χ2n) is 8.07.